The zero-order chi connectivity index (χ0) is 30.6. The summed E-state index contributed by atoms with van der Waals surface area (Å²) in [5.74, 6) is 2.35. The number of urea groups is 1. The van der Waals surface area contributed by atoms with Crippen LogP contribution in [0.1, 0.15) is 37.7 Å². The maximum atomic E-state index is 13.3. The van der Waals surface area contributed by atoms with Crippen molar-refractivity contribution in [3.8, 4) is 17.2 Å². The maximum absolute atomic E-state index is 13.3. The number of aromatic nitrogens is 3. The first-order valence-corrected chi connectivity index (χ1v) is 15.4. The van der Waals surface area contributed by atoms with Gasteiger partial charge in [-0.15, -0.1) is 0 Å². The number of carbonyl (C=O) groups is 2. The lowest BCUT2D eigenvalue weighted by molar-refractivity contribution is -0.116. The van der Waals surface area contributed by atoms with E-state index in [4.69, 9.17) is 9.84 Å². The van der Waals surface area contributed by atoms with Gasteiger partial charge in [0.15, 0.2) is 0 Å². The Bertz CT molecular complexity index is 1770. The van der Waals surface area contributed by atoms with Crippen LogP contribution in [0.2, 0.25) is 0 Å². The molecule has 5 aromatic rings. The molecule has 2 N–H and O–H groups in total. The fraction of sp³-hybridized carbons (Fsp3) is 0.235. The molecule has 2 heterocycles. The molecule has 0 radical (unpaired) electrons. The van der Waals surface area contributed by atoms with Crippen LogP contribution in [-0.2, 0) is 16.6 Å². The number of hydrogen-bond acceptors (Lipinski definition) is 6. The van der Waals surface area contributed by atoms with Crippen LogP contribution in [0.25, 0.3) is 16.5 Å². The first-order valence-electron chi connectivity index (χ1n) is 14.0. The van der Waals surface area contributed by atoms with Gasteiger partial charge in [-0.05, 0) is 43.5 Å². The van der Waals surface area contributed by atoms with E-state index >= 15 is 0 Å². The van der Waals surface area contributed by atoms with Crippen LogP contribution in [0.5, 0.6) is 11.5 Å². The Kier molecular flexibility index (Phi) is 8.82. The van der Waals surface area contributed by atoms with Crippen molar-refractivity contribution in [3.63, 3.8) is 0 Å². The molecule has 43 heavy (non-hydrogen) atoms. The van der Waals surface area contributed by atoms with E-state index in [0.29, 0.717) is 34.5 Å². The minimum atomic E-state index is -0.388. The van der Waals surface area contributed by atoms with E-state index in [1.165, 1.54) is 11.8 Å². The number of nitrogens with one attached hydrogen (secondary N) is 2. The number of hydrogen-bond donors (Lipinski definition) is 2. The molecule has 0 saturated carbocycles. The van der Waals surface area contributed by atoms with Crippen molar-refractivity contribution in [1.29, 1.82) is 0 Å². The van der Waals surface area contributed by atoms with Gasteiger partial charge in [0.2, 0.25) is 0 Å². The summed E-state index contributed by atoms with van der Waals surface area (Å²) in [7, 11) is 0. The van der Waals surface area contributed by atoms with Crippen LogP contribution in [0.3, 0.4) is 0 Å². The van der Waals surface area contributed by atoms with E-state index in [0.717, 1.165) is 27.7 Å². The summed E-state index contributed by atoms with van der Waals surface area (Å²) >= 11 is 1.50. The highest BCUT2D eigenvalue weighted by Crippen LogP contribution is 2.35. The number of carbonyl (C=O) groups excluding carboxylic acids is 2. The van der Waals surface area contributed by atoms with E-state index < -0.39 is 0 Å². The quantitative estimate of drug-likeness (QED) is 0.180. The lowest BCUT2D eigenvalue weighted by Gasteiger charge is -2.14. The molecule has 5 rings (SSSR count). The molecule has 8 nitrogen and oxygen atoms in total. The molecule has 220 valence electrons. The molecule has 3 aromatic carbocycles. The van der Waals surface area contributed by atoms with E-state index in [2.05, 4.69) is 36.4 Å². The van der Waals surface area contributed by atoms with Crippen molar-refractivity contribution < 1.29 is 14.3 Å². The fourth-order valence-corrected chi connectivity index (χ4v) is 5.04. The average molecular weight is 594 g/mol. The molecule has 0 aliphatic rings. The molecule has 2 amide bonds. The number of nitrogens with zero attached hydrogens (tertiary/aromatic N) is 3. The number of Topliss-reactive ketones (excluding diaryl/α,β-unsaturated/α-hetero) is 1. The zero-order valence-corrected chi connectivity index (χ0v) is 25.8. The third-order valence-corrected chi connectivity index (χ3v) is 7.44. The Morgan fingerprint density at radius 1 is 0.930 bits per heavy atom. The topological polar surface area (TPSA) is 98.1 Å². The van der Waals surface area contributed by atoms with E-state index in [-0.39, 0.29) is 23.7 Å². The van der Waals surface area contributed by atoms with E-state index in [1.54, 1.807) is 23.0 Å². The maximum Gasteiger partial charge on any atom is 0.324 e. The number of anilines is 2. The highest BCUT2D eigenvalue weighted by atomic mass is 32.2. The molecule has 0 unspecified atom stereocenters. The predicted octanol–water partition coefficient (Wildman–Crippen LogP) is 7.94. The standard InChI is InChI=1S/C34H35N5O3S/c1-22-10-12-24(13-11-22)39-32(20-31(38-39)34(2,3)4)37-33(41)36-29-14-15-30(28-9-7-6-8-27(28)29)42-26-16-17-35-23(19-26)18-25(40)21-43-5/h6-17,19-20H,18,21H2,1-5H3,(H2,36,37,41). The number of amides is 2. The second-order valence-corrected chi connectivity index (χ2v) is 12.2. The van der Waals surface area contributed by atoms with Crippen molar-refractivity contribution in [2.45, 2.75) is 39.5 Å². The summed E-state index contributed by atoms with van der Waals surface area (Å²) in [6.45, 7) is 8.30. The highest BCUT2D eigenvalue weighted by Gasteiger charge is 2.22. The normalized spacial score (nSPS) is 11.4. The number of rotatable bonds is 9. The third-order valence-electron chi connectivity index (χ3n) is 6.83. The second kappa shape index (κ2) is 12.7. The molecule has 0 atom stereocenters. The van der Waals surface area contributed by atoms with Crippen LogP contribution in [0.4, 0.5) is 16.3 Å². The summed E-state index contributed by atoms with van der Waals surface area (Å²) in [6, 6.07) is 24.4. The van der Waals surface area contributed by atoms with Gasteiger partial charge in [-0.2, -0.15) is 16.9 Å². The van der Waals surface area contributed by atoms with Gasteiger partial charge in [-0.1, -0.05) is 62.7 Å². The summed E-state index contributed by atoms with van der Waals surface area (Å²) in [5.41, 5.74) is 3.96. The lowest BCUT2D eigenvalue weighted by Crippen LogP contribution is -2.21. The van der Waals surface area contributed by atoms with Gasteiger partial charge in [0, 0.05) is 40.9 Å². The van der Waals surface area contributed by atoms with Crippen molar-refractivity contribution in [2.75, 3.05) is 22.6 Å². The van der Waals surface area contributed by atoms with Gasteiger partial charge >= 0.3 is 6.03 Å². The molecule has 9 heteroatoms. The first-order chi connectivity index (χ1) is 20.6. The van der Waals surface area contributed by atoms with Crippen LogP contribution in [-0.4, -0.2) is 38.6 Å². The molecule has 0 saturated heterocycles. The monoisotopic (exact) mass is 593 g/mol. The minimum absolute atomic E-state index is 0.118. The largest absolute Gasteiger partial charge is 0.457 e. The Morgan fingerprint density at radius 2 is 1.67 bits per heavy atom. The van der Waals surface area contributed by atoms with Crippen LogP contribution in [0.15, 0.2) is 85.1 Å². The Hall–Kier alpha value is -4.63. The molecule has 0 aliphatic heterocycles. The molecule has 2 aromatic heterocycles. The average Bonchev–Trinajstić information content (AvgIpc) is 3.39. The van der Waals surface area contributed by atoms with Gasteiger partial charge in [0.05, 0.1) is 28.5 Å². The number of fused-ring (bicyclic) bond motifs is 1. The van der Waals surface area contributed by atoms with E-state index in [9.17, 15) is 9.59 Å². The molecule has 0 spiro atoms. The van der Waals surface area contributed by atoms with Gasteiger partial charge in [0.1, 0.15) is 23.1 Å². The first kappa shape index (κ1) is 29.8. The van der Waals surface area contributed by atoms with Crippen molar-refractivity contribution >= 4 is 45.9 Å². The molecular weight excluding hydrogens is 558 g/mol. The predicted molar refractivity (Wildman–Crippen MR) is 175 cm³/mol. The Labute approximate surface area is 255 Å². The van der Waals surface area contributed by atoms with Crippen LogP contribution >= 0.6 is 11.8 Å². The summed E-state index contributed by atoms with van der Waals surface area (Å²) in [6.07, 6.45) is 3.81. The summed E-state index contributed by atoms with van der Waals surface area (Å²) in [5, 5.41) is 12.5. The number of benzene rings is 3. The van der Waals surface area contributed by atoms with Crippen molar-refractivity contribution in [2.24, 2.45) is 0 Å². The zero-order valence-electron chi connectivity index (χ0n) is 25.0. The number of ether oxygens (including phenoxy) is 1. The molecule has 0 bridgehead atoms. The number of ketones is 1. The third kappa shape index (κ3) is 7.24. The highest BCUT2D eigenvalue weighted by molar-refractivity contribution is 7.99. The van der Waals surface area contributed by atoms with Gasteiger partial charge in [-0.25, -0.2) is 9.48 Å². The Balaban J connectivity index is 1.38. The fourth-order valence-electron chi connectivity index (χ4n) is 4.62. The molecular formula is C34H35N5O3S. The van der Waals surface area contributed by atoms with Gasteiger partial charge in [-0.3, -0.25) is 15.1 Å². The van der Waals surface area contributed by atoms with E-state index in [1.807, 2.05) is 79.9 Å². The van der Waals surface area contributed by atoms with Gasteiger partial charge < -0.3 is 10.1 Å². The number of pyridine rings is 1. The van der Waals surface area contributed by atoms with Crippen molar-refractivity contribution in [1.82, 2.24) is 14.8 Å². The molecule has 0 aliphatic carbocycles. The second-order valence-electron chi connectivity index (χ2n) is 11.4. The summed E-state index contributed by atoms with van der Waals surface area (Å²) < 4.78 is 8.00. The molecule has 0 fully saturated rings. The number of thioether (sulfide) groups is 1. The van der Waals surface area contributed by atoms with Crippen LogP contribution < -0.4 is 15.4 Å². The SMILES string of the molecule is CSCC(=O)Cc1cc(Oc2ccc(NC(=O)Nc3cc(C(C)(C)C)nn3-c3ccc(C)cc3)c3ccccc23)ccn1. The van der Waals surface area contributed by atoms with Crippen LogP contribution in [0, 0.1) is 6.92 Å². The smallest absolute Gasteiger partial charge is 0.324 e. The lowest BCUT2D eigenvalue weighted by atomic mass is 9.92. The minimum Gasteiger partial charge on any atom is -0.457 e. The summed E-state index contributed by atoms with van der Waals surface area (Å²) in [4.78, 5) is 29.8. The Morgan fingerprint density at radius 3 is 2.40 bits per heavy atom. The number of aryl methyl sites for hydroxylation is 1. The van der Waals surface area contributed by atoms with Crippen molar-refractivity contribution in [3.05, 3.63) is 102 Å². The van der Waals surface area contributed by atoms with Gasteiger partial charge in [0.25, 0.3) is 0 Å².